The number of hydrogen-bond donors (Lipinski definition) is 2. The van der Waals surface area contributed by atoms with Crippen LogP contribution in [0.15, 0.2) is 99.3 Å². The number of aliphatic imine (C=N–C) groups is 1. The predicted octanol–water partition coefficient (Wildman–Crippen LogP) is 4.84. The smallest absolute Gasteiger partial charge is 0.294 e. The molecule has 0 radical (unpaired) electrons. The van der Waals surface area contributed by atoms with E-state index in [1.54, 1.807) is 36.4 Å². The summed E-state index contributed by atoms with van der Waals surface area (Å²) < 4.78 is 54.6. The average molecular weight is 553 g/mol. The van der Waals surface area contributed by atoms with E-state index in [-0.39, 0.29) is 16.6 Å². The molecule has 3 aromatic carbocycles. The van der Waals surface area contributed by atoms with Crippen molar-refractivity contribution in [3.63, 3.8) is 0 Å². The van der Waals surface area contributed by atoms with Gasteiger partial charge in [-0.25, -0.2) is 4.39 Å². The van der Waals surface area contributed by atoms with Crippen LogP contribution in [0.5, 0.6) is 0 Å². The van der Waals surface area contributed by atoms with Gasteiger partial charge in [0.05, 0.1) is 23.8 Å². The molecule has 0 bridgehead atoms. The monoisotopic (exact) mass is 552 g/mol. The van der Waals surface area contributed by atoms with Crippen molar-refractivity contribution in [1.82, 2.24) is 10.1 Å². The van der Waals surface area contributed by atoms with Crippen LogP contribution in [0, 0.1) is 5.82 Å². The SMILES string of the molecule is C[C@@H](c1ccc(-c2ccccc2)c(F)c1)c1cc(/N=C(/N)N2CCOCC2)on1.O=S(=O)(O)c1ccccc1. The Bertz CT molecular complexity index is 1510. The Morgan fingerprint density at radius 2 is 1.67 bits per heavy atom. The summed E-state index contributed by atoms with van der Waals surface area (Å²) in [6, 6.07) is 23.9. The van der Waals surface area contributed by atoms with Crippen LogP contribution in [0.3, 0.4) is 0 Å². The second-order valence-corrected chi connectivity index (χ2v) is 10.2. The summed E-state index contributed by atoms with van der Waals surface area (Å²) in [5.41, 5.74) is 8.96. The van der Waals surface area contributed by atoms with Crippen molar-refractivity contribution in [1.29, 1.82) is 0 Å². The van der Waals surface area contributed by atoms with Crippen LogP contribution >= 0.6 is 0 Å². The Hall–Kier alpha value is -4.06. The number of guanidine groups is 1. The summed E-state index contributed by atoms with van der Waals surface area (Å²) >= 11 is 0. The maximum Gasteiger partial charge on any atom is 0.294 e. The molecule has 0 amide bonds. The van der Waals surface area contributed by atoms with Crippen molar-refractivity contribution in [2.24, 2.45) is 10.7 Å². The average Bonchev–Trinajstić information content (AvgIpc) is 3.42. The van der Waals surface area contributed by atoms with E-state index in [0.29, 0.717) is 49.4 Å². The summed E-state index contributed by atoms with van der Waals surface area (Å²) in [5, 5.41) is 4.10. The van der Waals surface area contributed by atoms with Crippen molar-refractivity contribution < 1.29 is 26.6 Å². The standard InChI is InChI=1S/C22H23FN4O2.C6H6O3S/c1-15(17-7-8-18(19(23)13-17)16-5-3-2-4-6-16)20-14-21(29-26-20)25-22(24)27-9-11-28-12-10-27;7-10(8,9)6-4-2-1-3-5-6/h2-8,13-15H,9-12H2,1H3,(H2,24,25);1-5H,(H,7,8,9)/t15-;/m0./s1. The van der Waals surface area contributed by atoms with Crippen LogP contribution in [-0.2, 0) is 14.9 Å². The van der Waals surface area contributed by atoms with E-state index < -0.39 is 10.1 Å². The number of ether oxygens (including phenoxy) is 1. The van der Waals surface area contributed by atoms with Gasteiger partial charge in [0.2, 0.25) is 0 Å². The van der Waals surface area contributed by atoms with Crippen LogP contribution < -0.4 is 5.73 Å². The Morgan fingerprint density at radius 1 is 1.03 bits per heavy atom. The fourth-order valence-electron chi connectivity index (χ4n) is 3.93. The molecule has 1 aliphatic heterocycles. The van der Waals surface area contributed by atoms with Gasteiger partial charge in [-0.2, -0.15) is 13.4 Å². The van der Waals surface area contributed by atoms with E-state index in [9.17, 15) is 12.8 Å². The highest BCUT2D eigenvalue weighted by molar-refractivity contribution is 7.85. The van der Waals surface area contributed by atoms with Crippen molar-refractivity contribution in [3.8, 4) is 11.1 Å². The van der Waals surface area contributed by atoms with E-state index in [4.69, 9.17) is 19.5 Å². The molecular weight excluding hydrogens is 523 g/mol. The maximum absolute atomic E-state index is 14.7. The van der Waals surface area contributed by atoms with E-state index in [2.05, 4.69) is 10.1 Å². The van der Waals surface area contributed by atoms with Crippen molar-refractivity contribution in [3.05, 3.63) is 102 Å². The Morgan fingerprint density at radius 3 is 2.26 bits per heavy atom. The molecule has 3 N–H and O–H groups in total. The van der Waals surface area contributed by atoms with Crippen LogP contribution in [0.1, 0.15) is 24.1 Å². The Labute approximate surface area is 226 Å². The van der Waals surface area contributed by atoms with Gasteiger partial charge in [0.15, 0.2) is 5.96 Å². The van der Waals surface area contributed by atoms with E-state index in [1.165, 1.54) is 12.1 Å². The third-order valence-corrected chi connectivity index (χ3v) is 7.01. The van der Waals surface area contributed by atoms with Crippen LogP contribution in [-0.4, -0.2) is 55.3 Å². The van der Waals surface area contributed by atoms with E-state index in [0.717, 1.165) is 11.1 Å². The minimum absolute atomic E-state index is 0.0741. The van der Waals surface area contributed by atoms with Gasteiger partial charge >= 0.3 is 0 Å². The molecule has 4 aromatic rings. The quantitative estimate of drug-likeness (QED) is 0.204. The van der Waals surface area contributed by atoms with Crippen LogP contribution in [0.4, 0.5) is 10.3 Å². The highest BCUT2D eigenvalue weighted by Crippen LogP contribution is 2.30. The van der Waals surface area contributed by atoms with E-state index >= 15 is 0 Å². The highest BCUT2D eigenvalue weighted by Gasteiger charge is 2.18. The van der Waals surface area contributed by atoms with Gasteiger partial charge in [-0.3, -0.25) is 4.55 Å². The summed E-state index contributed by atoms with van der Waals surface area (Å²) in [6.07, 6.45) is 0. The first kappa shape index (κ1) is 28.0. The summed E-state index contributed by atoms with van der Waals surface area (Å²) in [7, 11) is -4.00. The number of rotatable bonds is 5. The van der Waals surface area contributed by atoms with Gasteiger partial charge < -0.3 is 19.9 Å². The number of nitrogens with two attached hydrogens (primary N) is 1. The Kier molecular flexibility index (Phi) is 9.07. The third-order valence-electron chi connectivity index (χ3n) is 6.14. The fraction of sp³-hybridized carbons (Fsp3) is 0.214. The number of hydrogen-bond acceptors (Lipinski definition) is 6. The third kappa shape index (κ3) is 7.50. The number of benzene rings is 3. The number of halogens is 1. The number of aromatic nitrogens is 1. The molecule has 0 unspecified atom stereocenters. The lowest BCUT2D eigenvalue weighted by Gasteiger charge is -2.27. The van der Waals surface area contributed by atoms with Crippen LogP contribution in [0.2, 0.25) is 0 Å². The molecule has 204 valence electrons. The van der Waals surface area contributed by atoms with Crippen molar-refractivity contribution in [2.45, 2.75) is 17.7 Å². The Balaban J connectivity index is 0.000000298. The van der Waals surface area contributed by atoms with Gasteiger partial charge in [0.1, 0.15) is 5.82 Å². The molecular formula is C28H29FN4O5S. The summed E-state index contributed by atoms with van der Waals surface area (Å²) in [5.74, 6) is 0.296. The molecule has 0 aliphatic carbocycles. The summed E-state index contributed by atoms with van der Waals surface area (Å²) in [4.78, 5) is 6.18. The van der Waals surface area contributed by atoms with Gasteiger partial charge in [-0.1, -0.05) is 72.7 Å². The molecule has 0 spiro atoms. The minimum Gasteiger partial charge on any atom is -0.378 e. The predicted molar refractivity (Wildman–Crippen MR) is 146 cm³/mol. The summed E-state index contributed by atoms with van der Waals surface area (Å²) in [6.45, 7) is 4.59. The van der Waals surface area contributed by atoms with Crippen LogP contribution in [0.25, 0.3) is 11.1 Å². The molecule has 1 aliphatic rings. The van der Waals surface area contributed by atoms with Gasteiger partial charge in [-0.15, -0.1) is 0 Å². The molecule has 1 saturated heterocycles. The molecule has 5 rings (SSSR count). The second kappa shape index (κ2) is 12.7. The zero-order valence-corrected chi connectivity index (χ0v) is 22.1. The van der Waals surface area contributed by atoms with Gasteiger partial charge in [-0.05, 0) is 29.3 Å². The fourth-order valence-corrected chi connectivity index (χ4v) is 4.43. The number of nitrogens with zero attached hydrogens (tertiary/aromatic N) is 3. The first-order chi connectivity index (χ1) is 18.7. The van der Waals surface area contributed by atoms with Gasteiger partial charge in [0.25, 0.3) is 16.0 Å². The molecule has 9 nitrogen and oxygen atoms in total. The largest absolute Gasteiger partial charge is 0.378 e. The molecule has 0 saturated carbocycles. The van der Waals surface area contributed by atoms with E-state index in [1.807, 2.05) is 48.2 Å². The molecule has 11 heteroatoms. The molecule has 1 fully saturated rings. The van der Waals surface area contributed by atoms with Crippen molar-refractivity contribution in [2.75, 3.05) is 26.3 Å². The molecule has 2 heterocycles. The lowest BCUT2D eigenvalue weighted by atomic mass is 9.95. The van der Waals surface area contributed by atoms with Crippen molar-refractivity contribution >= 4 is 22.0 Å². The zero-order valence-electron chi connectivity index (χ0n) is 21.3. The minimum atomic E-state index is -4.00. The second-order valence-electron chi connectivity index (χ2n) is 8.77. The lowest BCUT2D eigenvalue weighted by Crippen LogP contribution is -2.44. The first-order valence-electron chi connectivity index (χ1n) is 12.2. The normalized spacial score (nSPS) is 14.8. The lowest BCUT2D eigenvalue weighted by molar-refractivity contribution is 0.0675. The molecule has 39 heavy (non-hydrogen) atoms. The zero-order chi connectivity index (χ0) is 27.8. The van der Waals surface area contributed by atoms with Gasteiger partial charge in [0, 0.05) is 30.6 Å². The first-order valence-corrected chi connectivity index (χ1v) is 13.7. The topological polar surface area (TPSA) is 131 Å². The molecule has 1 aromatic heterocycles. The maximum atomic E-state index is 14.7. The highest BCUT2D eigenvalue weighted by atomic mass is 32.2. The molecule has 1 atom stereocenters. The number of morpholine rings is 1.